The van der Waals surface area contributed by atoms with Crippen LogP contribution in [0.4, 0.5) is 5.69 Å². The van der Waals surface area contributed by atoms with Gasteiger partial charge in [-0.1, -0.05) is 36.4 Å². The van der Waals surface area contributed by atoms with Gasteiger partial charge in [-0.15, -0.1) is 0 Å². The van der Waals surface area contributed by atoms with Crippen molar-refractivity contribution in [3.63, 3.8) is 0 Å². The molecule has 39 heavy (non-hydrogen) atoms. The normalized spacial score (nSPS) is 14.9. The number of allylic oxidation sites excluding steroid dienone is 1. The predicted octanol–water partition coefficient (Wildman–Crippen LogP) is 2.87. The molecule has 11 heteroatoms. The molecule has 1 aliphatic heterocycles. The second-order valence-electron chi connectivity index (χ2n) is 8.18. The molecule has 1 aliphatic rings. The zero-order chi connectivity index (χ0) is 28.1. The number of anilines is 1. The van der Waals surface area contributed by atoms with Gasteiger partial charge in [0.25, 0.3) is 5.91 Å². The number of benzene rings is 2. The van der Waals surface area contributed by atoms with Crippen molar-refractivity contribution in [3.05, 3.63) is 107 Å². The van der Waals surface area contributed by atoms with E-state index in [9.17, 15) is 19.6 Å². The van der Waals surface area contributed by atoms with Gasteiger partial charge in [-0.3, -0.25) is 14.7 Å². The Morgan fingerprint density at radius 2 is 1.64 bits per heavy atom. The summed E-state index contributed by atoms with van der Waals surface area (Å²) in [7, 11) is 2.34. The summed E-state index contributed by atoms with van der Waals surface area (Å²) in [4.78, 5) is 43.0. The van der Waals surface area contributed by atoms with Crippen molar-refractivity contribution >= 4 is 23.5 Å². The van der Waals surface area contributed by atoms with Gasteiger partial charge in [-0.2, -0.15) is 5.26 Å². The number of pyridine rings is 1. The zero-order valence-electron chi connectivity index (χ0n) is 21.0. The second-order valence-corrected chi connectivity index (χ2v) is 8.18. The molecule has 0 bridgehead atoms. The third-order valence-corrected chi connectivity index (χ3v) is 5.91. The van der Waals surface area contributed by atoms with Gasteiger partial charge < -0.3 is 25.7 Å². The summed E-state index contributed by atoms with van der Waals surface area (Å²) in [6.45, 7) is 0. The minimum absolute atomic E-state index is 0.0103. The number of primary amides is 1. The number of carbonyl (C=O) groups excluding carboxylic acids is 3. The van der Waals surface area contributed by atoms with Crippen LogP contribution in [0.1, 0.15) is 22.0 Å². The number of amides is 1. The second kappa shape index (κ2) is 11.2. The molecule has 1 unspecified atom stereocenters. The fourth-order valence-electron chi connectivity index (χ4n) is 4.21. The molecule has 11 nitrogen and oxygen atoms in total. The van der Waals surface area contributed by atoms with Crippen LogP contribution in [0.5, 0.6) is 11.5 Å². The van der Waals surface area contributed by atoms with Crippen LogP contribution in [0.25, 0.3) is 0 Å². The van der Waals surface area contributed by atoms with Gasteiger partial charge in [-0.25, -0.2) is 9.59 Å². The Bertz CT molecular complexity index is 1560. The number of aromatic nitrogens is 1. The van der Waals surface area contributed by atoms with Crippen LogP contribution in [0.2, 0.25) is 0 Å². The summed E-state index contributed by atoms with van der Waals surface area (Å²) in [5, 5.41) is 10.2. The first kappa shape index (κ1) is 26.4. The van der Waals surface area contributed by atoms with Crippen LogP contribution in [-0.4, -0.2) is 37.0 Å². The van der Waals surface area contributed by atoms with Gasteiger partial charge in [0.2, 0.25) is 0 Å². The number of methoxy groups -OCH3 is 2. The molecule has 0 radical (unpaired) electrons. The predicted molar refractivity (Wildman–Crippen MR) is 139 cm³/mol. The number of ether oxygens (including phenoxy) is 3. The lowest BCUT2D eigenvalue weighted by molar-refractivity contribution is -0.139. The van der Waals surface area contributed by atoms with Gasteiger partial charge in [0.05, 0.1) is 43.0 Å². The van der Waals surface area contributed by atoms with Gasteiger partial charge in [-0.05, 0) is 23.8 Å². The minimum Gasteiger partial charge on any atom is -0.466 e. The summed E-state index contributed by atoms with van der Waals surface area (Å²) in [5.74, 6) is -2.94. The number of carbonyl (C=O) groups is 3. The standard InChI is InChI=1S/C28H23N5O6/c1-37-27(35)23-22(16-7-4-3-5-8-16)20(15-29)25(30)33(24(23)28(36)38-2)17-9-6-10-18(13-17)39-19-11-12-32-21(14-19)26(31)34/h3-14,22H,30H2,1-2H3,(H2,31,34). The summed E-state index contributed by atoms with van der Waals surface area (Å²) in [6, 6.07) is 20.1. The molecule has 3 aromatic rings. The number of rotatable bonds is 7. The van der Waals surface area contributed by atoms with E-state index in [0.29, 0.717) is 5.56 Å². The summed E-state index contributed by atoms with van der Waals surface area (Å²) < 4.78 is 16.0. The maximum Gasteiger partial charge on any atom is 0.355 e. The molecule has 0 aliphatic carbocycles. The molecule has 2 aromatic carbocycles. The molecular weight excluding hydrogens is 502 g/mol. The third-order valence-electron chi connectivity index (χ3n) is 5.91. The van der Waals surface area contributed by atoms with E-state index in [1.165, 1.54) is 43.5 Å². The average molecular weight is 526 g/mol. The molecule has 4 rings (SSSR count). The van der Waals surface area contributed by atoms with Crippen LogP contribution in [-0.2, 0) is 19.1 Å². The monoisotopic (exact) mass is 525 g/mol. The van der Waals surface area contributed by atoms with E-state index in [2.05, 4.69) is 11.1 Å². The molecule has 0 saturated heterocycles. The van der Waals surface area contributed by atoms with Crippen LogP contribution >= 0.6 is 0 Å². The van der Waals surface area contributed by atoms with Crippen molar-refractivity contribution in [1.82, 2.24) is 4.98 Å². The Morgan fingerprint density at radius 1 is 0.949 bits per heavy atom. The minimum atomic E-state index is -0.988. The molecule has 1 amide bonds. The van der Waals surface area contributed by atoms with Crippen molar-refractivity contribution in [3.8, 4) is 17.6 Å². The Hall–Kier alpha value is -5.63. The van der Waals surface area contributed by atoms with Crippen molar-refractivity contribution < 1.29 is 28.6 Å². The molecule has 1 aromatic heterocycles. The van der Waals surface area contributed by atoms with E-state index in [4.69, 9.17) is 25.7 Å². The van der Waals surface area contributed by atoms with Gasteiger partial charge in [0.1, 0.15) is 28.7 Å². The number of hydrogen-bond donors (Lipinski definition) is 2. The number of esters is 2. The highest BCUT2D eigenvalue weighted by Gasteiger charge is 2.43. The number of nitriles is 1. The molecule has 0 spiro atoms. The topological polar surface area (TPSA) is 171 Å². The van der Waals surface area contributed by atoms with Crippen molar-refractivity contribution in [2.45, 2.75) is 5.92 Å². The zero-order valence-corrected chi connectivity index (χ0v) is 21.0. The number of nitrogens with zero attached hydrogens (tertiary/aromatic N) is 3. The Balaban J connectivity index is 1.90. The van der Waals surface area contributed by atoms with Crippen LogP contribution in [0, 0.1) is 11.3 Å². The third kappa shape index (κ3) is 5.12. The first-order chi connectivity index (χ1) is 18.8. The van der Waals surface area contributed by atoms with E-state index in [1.54, 1.807) is 48.5 Å². The summed E-state index contributed by atoms with van der Waals surface area (Å²) in [6.07, 6.45) is 1.37. The average Bonchev–Trinajstić information content (AvgIpc) is 2.96. The molecule has 0 saturated carbocycles. The molecule has 0 fully saturated rings. The van der Waals surface area contributed by atoms with Crippen LogP contribution in [0.15, 0.2) is 95.6 Å². The lowest BCUT2D eigenvalue weighted by atomic mass is 9.81. The smallest absolute Gasteiger partial charge is 0.355 e. The van der Waals surface area contributed by atoms with E-state index in [0.717, 1.165) is 0 Å². The van der Waals surface area contributed by atoms with Gasteiger partial charge in [0, 0.05) is 18.3 Å². The van der Waals surface area contributed by atoms with Gasteiger partial charge in [0.15, 0.2) is 0 Å². The molecule has 1 atom stereocenters. The lowest BCUT2D eigenvalue weighted by Crippen LogP contribution is -2.40. The Kier molecular flexibility index (Phi) is 7.58. The van der Waals surface area contributed by atoms with Crippen LogP contribution in [0.3, 0.4) is 0 Å². The Morgan fingerprint density at radius 3 is 2.28 bits per heavy atom. The molecule has 4 N–H and O–H groups in total. The largest absolute Gasteiger partial charge is 0.466 e. The highest BCUT2D eigenvalue weighted by molar-refractivity contribution is 6.06. The van der Waals surface area contributed by atoms with Crippen molar-refractivity contribution in [2.24, 2.45) is 11.5 Å². The van der Waals surface area contributed by atoms with E-state index in [-0.39, 0.29) is 45.5 Å². The highest BCUT2D eigenvalue weighted by atomic mass is 16.5. The Labute approximate surface area is 223 Å². The first-order valence-corrected chi connectivity index (χ1v) is 11.5. The SMILES string of the molecule is COC(=O)C1=C(C(=O)OC)N(c2cccc(Oc3ccnc(C(N)=O)c3)c2)C(N)=C(C#N)C1c1ccccc1. The van der Waals surface area contributed by atoms with Gasteiger partial charge >= 0.3 is 11.9 Å². The highest BCUT2D eigenvalue weighted by Crippen LogP contribution is 2.43. The molecule has 196 valence electrons. The number of hydrogen-bond acceptors (Lipinski definition) is 10. The lowest BCUT2D eigenvalue weighted by Gasteiger charge is -2.36. The first-order valence-electron chi connectivity index (χ1n) is 11.5. The van der Waals surface area contributed by atoms with Crippen molar-refractivity contribution in [1.29, 1.82) is 5.26 Å². The fraction of sp³-hybridized carbons (Fsp3) is 0.107. The quantitative estimate of drug-likeness (QED) is 0.437. The fourth-order valence-corrected chi connectivity index (χ4v) is 4.21. The maximum atomic E-state index is 13.2. The van der Waals surface area contributed by atoms with E-state index >= 15 is 0 Å². The van der Waals surface area contributed by atoms with Crippen molar-refractivity contribution in [2.75, 3.05) is 19.1 Å². The number of nitrogens with two attached hydrogens (primary N) is 2. The maximum absolute atomic E-state index is 13.2. The summed E-state index contributed by atoms with van der Waals surface area (Å²) in [5.41, 5.74) is 12.4. The summed E-state index contributed by atoms with van der Waals surface area (Å²) >= 11 is 0. The molecular formula is C28H23N5O6. The van der Waals surface area contributed by atoms with E-state index in [1.807, 2.05) is 0 Å². The molecule has 2 heterocycles. The van der Waals surface area contributed by atoms with Crippen LogP contribution < -0.4 is 21.1 Å². The van der Waals surface area contributed by atoms with E-state index < -0.39 is 23.8 Å².